The standard InChI is InChI=1S/C19H14FN3OS/c20-15-6-7-16-14(10-15)11-17(25-16)19(24)22-18-8-9-21-23(18)12-13-4-2-1-3-5-13/h1-11H,12H2,(H,22,24). The quantitative estimate of drug-likeness (QED) is 0.587. The number of carbonyl (C=O) groups excluding carboxylic acids is 1. The van der Waals surface area contributed by atoms with Crippen LogP contribution in [0, 0.1) is 5.82 Å². The van der Waals surface area contributed by atoms with Crippen molar-refractivity contribution in [1.82, 2.24) is 9.78 Å². The van der Waals surface area contributed by atoms with Gasteiger partial charge in [0.15, 0.2) is 0 Å². The zero-order valence-corrected chi connectivity index (χ0v) is 14.0. The summed E-state index contributed by atoms with van der Waals surface area (Å²) in [5.74, 6) is 0.0899. The number of thiophene rings is 1. The molecule has 0 unspecified atom stereocenters. The molecule has 0 radical (unpaired) electrons. The van der Waals surface area contributed by atoms with Crippen molar-refractivity contribution < 1.29 is 9.18 Å². The molecule has 25 heavy (non-hydrogen) atoms. The highest BCUT2D eigenvalue weighted by atomic mass is 32.1. The molecule has 2 heterocycles. The molecule has 0 spiro atoms. The molecule has 0 aliphatic rings. The highest BCUT2D eigenvalue weighted by molar-refractivity contribution is 7.20. The predicted molar refractivity (Wildman–Crippen MR) is 97.5 cm³/mol. The molecule has 2 aromatic carbocycles. The molecule has 1 amide bonds. The number of nitrogens with zero attached hydrogens (tertiary/aromatic N) is 2. The maximum Gasteiger partial charge on any atom is 0.266 e. The Kier molecular flexibility index (Phi) is 4.03. The fourth-order valence-electron chi connectivity index (χ4n) is 2.63. The maximum absolute atomic E-state index is 13.3. The first-order valence-corrected chi connectivity index (χ1v) is 8.57. The van der Waals surface area contributed by atoms with E-state index in [-0.39, 0.29) is 11.7 Å². The number of halogens is 1. The smallest absolute Gasteiger partial charge is 0.266 e. The van der Waals surface area contributed by atoms with Gasteiger partial charge in [-0.25, -0.2) is 9.07 Å². The van der Waals surface area contributed by atoms with Gasteiger partial charge in [0.25, 0.3) is 5.91 Å². The fraction of sp³-hybridized carbons (Fsp3) is 0.0526. The number of hydrogen-bond donors (Lipinski definition) is 1. The van der Waals surface area contributed by atoms with Crippen molar-refractivity contribution in [3.8, 4) is 0 Å². The number of anilines is 1. The van der Waals surface area contributed by atoms with Gasteiger partial charge >= 0.3 is 0 Å². The van der Waals surface area contributed by atoms with Gasteiger partial charge < -0.3 is 5.32 Å². The van der Waals surface area contributed by atoms with Crippen molar-refractivity contribution in [2.75, 3.05) is 5.32 Å². The summed E-state index contributed by atoms with van der Waals surface area (Å²) >= 11 is 1.34. The van der Waals surface area contributed by atoms with Gasteiger partial charge in [-0.15, -0.1) is 11.3 Å². The number of aromatic nitrogens is 2. The van der Waals surface area contributed by atoms with Crippen LogP contribution in [0.4, 0.5) is 10.2 Å². The van der Waals surface area contributed by atoms with Gasteiger partial charge in [-0.3, -0.25) is 4.79 Å². The molecule has 124 valence electrons. The first kappa shape index (κ1) is 15.5. The van der Waals surface area contributed by atoms with Crippen molar-refractivity contribution in [1.29, 1.82) is 0 Å². The fourth-order valence-corrected chi connectivity index (χ4v) is 3.56. The molecule has 0 saturated carbocycles. The third kappa shape index (κ3) is 3.29. The van der Waals surface area contributed by atoms with E-state index < -0.39 is 0 Å². The zero-order valence-electron chi connectivity index (χ0n) is 13.1. The van der Waals surface area contributed by atoms with Gasteiger partial charge in [0.05, 0.1) is 17.6 Å². The van der Waals surface area contributed by atoms with E-state index >= 15 is 0 Å². The predicted octanol–water partition coefficient (Wildman–Crippen LogP) is 4.54. The summed E-state index contributed by atoms with van der Waals surface area (Å²) in [4.78, 5) is 13.1. The zero-order chi connectivity index (χ0) is 17.2. The van der Waals surface area contributed by atoms with Crippen molar-refractivity contribution in [3.63, 3.8) is 0 Å². The SMILES string of the molecule is O=C(Nc1ccnn1Cc1ccccc1)c1cc2cc(F)ccc2s1. The minimum atomic E-state index is -0.307. The van der Waals surface area contributed by atoms with E-state index in [0.29, 0.717) is 17.2 Å². The Hall–Kier alpha value is -2.99. The average molecular weight is 351 g/mol. The monoisotopic (exact) mass is 351 g/mol. The van der Waals surface area contributed by atoms with Crippen LogP contribution < -0.4 is 5.32 Å². The van der Waals surface area contributed by atoms with Crippen LogP contribution in [-0.2, 0) is 6.54 Å². The van der Waals surface area contributed by atoms with Gasteiger partial charge in [0.2, 0.25) is 0 Å². The molecule has 0 atom stereocenters. The van der Waals surface area contributed by atoms with Crippen molar-refractivity contribution in [2.24, 2.45) is 0 Å². The second kappa shape index (κ2) is 6.49. The minimum absolute atomic E-state index is 0.226. The first-order chi connectivity index (χ1) is 12.2. The lowest BCUT2D eigenvalue weighted by Crippen LogP contribution is -2.15. The second-order valence-electron chi connectivity index (χ2n) is 5.61. The molecule has 1 N–H and O–H groups in total. The summed E-state index contributed by atoms with van der Waals surface area (Å²) in [6, 6.07) is 17.9. The number of amides is 1. The molecular formula is C19H14FN3OS. The Morgan fingerprint density at radius 1 is 1.12 bits per heavy atom. The lowest BCUT2D eigenvalue weighted by Gasteiger charge is -2.08. The van der Waals surface area contributed by atoms with E-state index in [0.717, 1.165) is 15.6 Å². The van der Waals surface area contributed by atoms with E-state index in [2.05, 4.69) is 10.4 Å². The highest BCUT2D eigenvalue weighted by Gasteiger charge is 2.13. The molecular weight excluding hydrogens is 337 g/mol. The van der Waals surface area contributed by atoms with Gasteiger partial charge in [-0.05, 0) is 35.2 Å². The van der Waals surface area contributed by atoms with Crippen LogP contribution in [0.25, 0.3) is 10.1 Å². The molecule has 6 heteroatoms. The van der Waals surface area contributed by atoms with Gasteiger partial charge in [-0.2, -0.15) is 5.10 Å². The Morgan fingerprint density at radius 2 is 1.96 bits per heavy atom. The summed E-state index contributed by atoms with van der Waals surface area (Å²) in [6.45, 7) is 0.571. The Morgan fingerprint density at radius 3 is 2.80 bits per heavy atom. The molecule has 0 saturated heterocycles. The average Bonchev–Trinajstić information content (AvgIpc) is 3.22. The summed E-state index contributed by atoms with van der Waals surface area (Å²) in [5.41, 5.74) is 1.10. The largest absolute Gasteiger partial charge is 0.306 e. The van der Waals surface area contributed by atoms with Crippen LogP contribution in [0.1, 0.15) is 15.2 Å². The molecule has 0 aliphatic heterocycles. The van der Waals surface area contributed by atoms with E-state index in [9.17, 15) is 9.18 Å². The number of fused-ring (bicyclic) bond motifs is 1. The summed E-state index contributed by atoms with van der Waals surface area (Å²) in [5, 5.41) is 7.88. The number of nitrogens with one attached hydrogen (secondary N) is 1. The number of carbonyl (C=O) groups is 1. The van der Waals surface area contributed by atoms with Crippen LogP contribution in [-0.4, -0.2) is 15.7 Å². The molecule has 2 aromatic heterocycles. The summed E-state index contributed by atoms with van der Waals surface area (Å²) in [7, 11) is 0. The first-order valence-electron chi connectivity index (χ1n) is 7.75. The Bertz CT molecular complexity index is 1040. The summed E-state index contributed by atoms with van der Waals surface area (Å²) in [6.07, 6.45) is 1.65. The molecule has 0 aliphatic carbocycles. The van der Waals surface area contributed by atoms with E-state index in [4.69, 9.17) is 0 Å². The normalized spacial score (nSPS) is 10.9. The van der Waals surface area contributed by atoms with E-state index in [1.807, 2.05) is 30.3 Å². The number of benzene rings is 2. The molecule has 4 rings (SSSR count). The number of rotatable bonds is 4. The highest BCUT2D eigenvalue weighted by Crippen LogP contribution is 2.27. The maximum atomic E-state index is 13.3. The summed E-state index contributed by atoms with van der Waals surface area (Å²) < 4.78 is 15.9. The molecule has 4 nitrogen and oxygen atoms in total. The van der Waals surface area contributed by atoms with Crippen LogP contribution >= 0.6 is 11.3 Å². The van der Waals surface area contributed by atoms with Crippen molar-refractivity contribution in [3.05, 3.63) is 83.1 Å². The molecule has 0 bridgehead atoms. The van der Waals surface area contributed by atoms with Gasteiger partial charge in [0.1, 0.15) is 11.6 Å². The van der Waals surface area contributed by atoms with Crippen molar-refractivity contribution >= 4 is 33.1 Å². The third-order valence-corrected chi connectivity index (χ3v) is 4.95. The Labute approximate surface area is 147 Å². The molecule has 4 aromatic rings. The van der Waals surface area contributed by atoms with Crippen molar-refractivity contribution in [2.45, 2.75) is 6.54 Å². The van der Waals surface area contributed by atoms with Crippen LogP contribution in [0.15, 0.2) is 66.9 Å². The van der Waals surface area contributed by atoms with E-state index in [1.54, 1.807) is 29.1 Å². The lowest BCUT2D eigenvalue weighted by molar-refractivity contribution is 0.102. The molecule has 0 fully saturated rings. The third-order valence-electron chi connectivity index (χ3n) is 3.84. The topological polar surface area (TPSA) is 46.9 Å². The van der Waals surface area contributed by atoms with E-state index in [1.165, 1.54) is 23.5 Å². The van der Waals surface area contributed by atoms with Crippen LogP contribution in [0.3, 0.4) is 0 Å². The van der Waals surface area contributed by atoms with Gasteiger partial charge in [0, 0.05) is 10.8 Å². The second-order valence-corrected chi connectivity index (χ2v) is 6.69. The van der Waals surface area contributed by atoms with Crippen LogP contribution in [0.5, 0.6) is 0 Å². The number of hydrogen-bond acceptors (Lipinski definition) is 3. The Balaban J connectivity index is 1.55. The van der Waals surface area contributed by atoms with Crippen LogP contribution in [0.2, 0.25) is 0 Å². The lowest BCUT2D eigenvalue weighted by atomic mass is 10.2. The van der Waals surface area contributed by atoms with Gasteiger partial charge in [-0.1, -0.05) is 30.3 Å². The minimum Gasteiger partial charge on any atom is -0.306 e.